The van der Waals surface area contributed by atoms with E-state index in [2.05, 4.69) is 16.4 Å². The Labute approximate surface area is 125 Å². The summed E-state index contributed by atoms with van der Waals surface area (Å²) in [5, 5.41) is 13.7. The summed E-state index contributed by atoms with van der Waals surface area (Å²) in [5.41, 5.74) is 2.66. The van der Waals surface area contributed by atoms with Crippen LogP contribution in [0.2, 0.25) is 5.02 Å². The van der Waals surface area contributed by atoms with Crippen molar-refractivity contribution >= 4 is 38.3 Å². The Kier molecular flexibility index (Phi) is 3.55. The molecule has 0 radical (unpaired) electrons. The van der Waals surface area contributed by atoms with Crippen molar-refractivity contribution in [2.24, 2.45) is 0 Å². The monoisotopic (exact) mass is 299 g/mol. The Morgan fingerprint density at radius 3 is 3.00 bits per heavy atom. The van der Waals surface area contributed by atoms with Gasteiger partial charge in [0.2, 0.25) is 0 Å². The second kappa shape index (κ2) is 5.49. The van der Waals surface area contributed by atoms with Crippen molar-refractivity contribution in [1.82, 2.24) is 4.98 Å². The minimum Gasteiger partial charge on any atom is -0.357 e. The Hall–Kier alpha value is -2.09. The van der Waals surface area contributed by atoms with Crippen molar-refractivity contribution in [3.05, 3.63) is 58.6 Å². The van der Waals surface area contributed by atoms with Crippen LogP contribution >= 0.6 is 22.9 Å². The van der Waals surface area contributed by atoms with Gasteiger partial charge in [0.25, 0.3) is 0 Å². The fourth-order valence-corrected chi connectivity index (χ4v) is 3.04. The number of anilines is 1. The number of thiazole rings is 1. The van der Waals surface area contributed by atoms with E-state index >= 15 is 0 Å². The van der Waals surface area contributed by atoms with Crippen molar-refractivity contribution < 1.29 is 0 Å². The summed E-state index contributed by atoms with van der Waals surface area (Å²) >= 11 is 7.53. The molecule has 3 aromatic rings. The SMILES string of the molecule is N#Cc1cccc(CNc2nc3ccc(Cl)cc3s2)c1. The number of nitrogens with one attached hydrogen (secondary N) is 1. The Balaban J connectivity index is 1.78. The zero-order valence-corrected chi connectivity index (χ0v) is 12.0. The van der Waals surface area contributed by atoms with E-state index in [1.807, 2.05) is 36.4 Å². The molecule has 20 heavy (non-hydrogen) atoms. The third-order valence-electron chi connectivity index (χ3n) is 2.85. The van der Waals surface area contributed by atoms with Crippen LogP contribution in [0.5, 0.6) is 0 Å². The number of fused-ring (bicyclic) bond motifs is 1. The standard InChI is InChI=1S/C15H10ClN3S/c16-12-4-5-13-14(7-12)20-15(19-13)18-9-11-3-1-2-10(6-11)8-17/h1-7H,9H2,(H,18,19). The van der Waals surface area contributed by atoms with Crippen LogP contribution in [-0.2, 0) is 6.54 Å². The van der Waals surface area contributed by atoms with Gasteiger partial charge in [-0.15, -0.1) is 0 Å². The van der Waals surface area contributed by atoms with E-state index in [9.17, 15) is 0 Å². The lowest BCUT2D eigenvalue weighted by molar-refractivity contribution is 1.14. The Bertz CT molecular complexity index is 804. The van der Waals surface area contributed by atoms with Crippen LogP contribution in [0.15, 0.2) is 42.5 Å². The molecule has 0 amide bonds. The summed E-state index contributed by atoms with van der Waals surface area (Å²) < 4.78 is 1.06. The first-order chi connectivity index (χ1) is 9.74. The molecule has 0 spiro atoms. The fourth-order valence-electron chi connectivity index (χ4n) is 1.90. The van der Waals surface area contributed by atoms with Gasteiger partial charge >= 0.3 is 0 Å². The molecule has 0 aliphatic rings. The van der Waals surface area contributed by atoms with Crippen LogP contribution in [0.3, 0.4) is 0 Å². The van der Waals surface area contributed by atoms with Gasteiger partial charge in [0.15, 0.2) is 5.13 Å². The summed E-state index contributed by atoms with van der Waals surface area (Å²) in [6.07, 6.45) is 0. The van der Waals surface area contributed by atoms with Crippen molar-refractivity contribution in [3.63, 3.8) is 0 Å². The maximum Gasteiger partial charge on any atom is 0.184 e. The molecule has 0 fully saturated rings. The quantitative estimate of drug-likeness (QED) is 0.778. The van der Waals surface area contributed by atoms with Crippen molar-refractivity contribution in [3.8, 4) is 6.07 Å². The normalized spacial score (nSPS) is 10.4. The fraction of sp³-hybridized carbons (Fsp3) is 0.0667. The number of rotatable bonds is 3. The smallest absolute Gasteiger partial charge is 0.184 e. The van der Waals surface area contributed by atoms with Crippen molar-refractivity contribution in [2.45, 2.75) is 6.54 Å². The number of benzene rings is 2. The van der Waals surface area contributed by atoms with Gasteiger partial charge in [0, 0.05) is 11.6 Å². The van der Waals surface area contributed by atoms with Crippen LogP contribution in [0.4, 0.5) is 5.13 Å². The highest BCUT2D eigenvalue weighted by atomic mass is 35.5. The van der Waals surface area contributed by atoms with Gasteiger partial charge in [-0.2, -0.15) is 5.26 Å². The predicted molar refractivity (Wildman–Crippen MR) is 83.1 cm³/mol. The van der Waals surface area contributed by atoms with Gasteiger partial charge in [0.1, 0.15) is 0 Å². The van der Waals surface area contributed by atoms with E-state index in [0.29, 0.717) is 12.1 Å². The number of halogens is 1. The highest BCUT2D eigenvalue weighted by molar-refractivity contribution is 7.22. The van der Waals surface area contributed by atoms with Crippen molar-refractivity contribution in [2.75, 3.05) is 5.32 Å². The van der Waals surface area contributed by atoms with Gasteiger partial charge in [0.05, 0.1) is 21.8 Å². The molecule has 98 valence electrons. The maximum absolute atomic E-state index is 8.88. The summed E-state index contributed by atoms with van der Waals surface area (Å²) in [5.74, 6) is 0. The summed E-state index contributed by atoms with van der Waals surface area (Å²) in [7, 11) is 0. The first kappa shape index (κ1) is 12.9. The zero-order chi connectivity index (χ0) is 13.9. The average Bonchev–Trinajstić information content (AvgIpc) is 2.87. The number of hydrogen-bond acceptors (Lipinski definition) is 4. The molecule has 0 aliphatic carbocycles. The Morgan fingerprint density at radius 1 is 1.25 bits per heavy atom. The minimum absolute atomic E-state index is 0.642. The van der Waals surface area contributed by atoms with Crippen LogP contribution in [-0.4, -0.2) is 4.98 Å². The third kappa shape index (κ3) is 2.74. The number of aromatic nitrogens is 1. The van der Waals surface area contributed by atoms with E-state index in [1.54, 1.807) is 17.4 Å². The van der Waals surface area contributed by atoms with Gasteiger partial charge < -0.3 is 5.32 Å². The average molecular weight is 300 g/mol. The largest absolute Gasteiger partial charge is 0.357 e. The Morgan fingerprint density at radius 2 is 2.15 bits per heavy atom. The molecule has 0 unspecified atom stereocenters. The number of nitrogens with zero attached hydrogens (tertiary/aromatic N) is 2. The van der Waals surface area contributed by atoms with Gasteiger partial charge in [-0.05, 0) is 35.9 Å². The van der Waals surface area contributed by atoms with E-state index in [-0.39, 0.29) is 0 Å². The van der Waals surface area contributed by atoms with Gasteiger partial charge in [-0.1, -0.05) is 35.1 Å². The molecule has 0 atom stereocenters. The maximum atomic E-state index is 8.88. The second-order valence-corrected chi connectivity index (χ2v) is 5.76. The third-order valence-corrected chi connectivity index (χ3v) is 4.06. The molecule has 2 aromatic carbocycles. The molecule has 0 saturated carbocycles. The van der Waals surface area contributed by atoms with Gasteiger partial charge in [-0.25, -0.2) is 4.98 Å². The lowest BCUT2D eigenvalue weighted by Gasteiger charge is -2.02. The zero-order valence-electron chi connectivity index (χ0n) is 10.4. The van der Waals surface area contributed by atoms with E-state index in [1.165, 1.54) is 0 Å². The first-order valence-corrected chi connectivity index (χ1v) is 7.23. The molecule has 1 N–H and O–H groups in total. The molecule has 0 aliphatic heterocycles. The first-order valence-electron chi connectivity index (χ1n) is 6.03. The highest BCUT2D eigenvalue weighted by Gasteiger charge is 2.04. The lowest BCUT2D eigenvalue weighted by atomic mass is 10.1. The van der Waals surface area contributed by atoms with E-state index in [4.69, 9.17) is 16.9 Å². The molecule has 0 saturated heterocycles. The summed E-state index contributed by atoms with van der Waals surface area (Å²) in [4.78, 5) is 4.50. The van der Waals surface area contributed by atoms with E-state index in [0.717, 1.165) is 25.9 Å². The summed E-state index contributed by atoms with van der Waals surface area (Å²) in [6.45, 7) is 0.642. The molecule has 3 rings (SSSR count). The van der Waals surface area contributed by atoms with Crippen LogP contribution in [0, 0.1) is 11.3 Å². The van der Waals surface area contributed by atoms with E-state index < -0.39 is 0 Å². The minimum atomic E-state index is 0.642. The number of nitriles is 1. The second-order valence-electron chi connectivity index (χ2n) is 4.30. The van der Waals surface area contributed by atoms with Gasteiger partial charge in [-0.3, -0.25) is 0 Å². The summed E-state index contributed by atoms with van der Waals surface area (Å²) in [6, 6.07) is 15.3. The van der Waals surface area contributed by atoms with Crippen LogP contribution < -0.4 is 5.32 Å². The molecular formula is C15H10ClN3S. The molecule has 5 heteroatoms. The van der Waals surface area contributed by atoms with Crippen LogP contribution in [0.1, 0.15) is 11.1 Å². The molecule has 0 bridgehead atoms. The lowest BCUT2D eigenvalue weighted by Crippen LogP contribution is -1.98. The van der Waals surface area contributed by atoms with Crippen molar-refractivity contribution in [1.29, 1.82) is 5.26 Å². The highest BCUT2D eigenvalue weighted by Crippen LogP contribution is 2.28. The van der Waals surface area contributed by atoms with Crippen LogP contribution in [0.25, 0.3) is 10.2 Å². The predicted octanol–water partition coefficient (Wildman–Crippen LogP) is 4.43. The molecule has 1 aromatic heterocycles. The molecular weight excluding hydrogens is 290 g/mol. The molecule has 3 nitrogen and oxygen atoms in total. The topological polar surface area (TPSA) is 48.7 Å². The number of hydrogen-bond donors (Lipinski definition) is 1. The molecule has 1 heterocycles.